The number of rotatable bonds is 9. The lowest BCUT2D eigenvalue weighted by atomic mass is 10.2. The minimum absolute atomic E-state index is 0.0112. The Hall–Kier alpha value is -1.40. The topological polar surface area (TPSA) is 42.0 Å². The molecular formula is C17H21FN2OS2. The molecule has 23 heavy (non-hydrogen) atoms. The maximum atomic E-state index is 13.6. The van der Waals surface area contributed by atoms with Gasteiger partial charge in [-0.1, -0.05) is 49.7 Å². The minimum Gasteiger partial charge on any atom is -0.356 e. The van der Waals surface area contributed by atoms with Gasteiger partial charge in [0, 0.05) is 17.7 Å². The van der Waals surface area contributed by atoms with Crippen LogP contribution in [0.15, 0.2) is 34.0 Å². The number of nitrogens with one attached hydrogen (secondary N) is 1. The van der Waals surface area contributed by atoms with Gasteiger partial charge in [0.2, 0.25) is 5.91 Å². The molecule has 0 radical (unpaired) electrons. The molecule has 1 N–H and O–H groups in total. The van der Waals surface area contributed by atoms with Crippen LogP contribution in [0.2, 0.25) is 0 Å². The number of thioether (sulfide) groups is 1. The lowest BCUT2D eigenvalue weighted by Gasteiger charge is -2.03. The number of aromatic nitrogens is 1. The van der Waals surface area contributed by atoms with Gasteiger partial charge in [-0.05, 0) is 18.1 Å². The molecule has 2 aromatic rings. The molecule has 0 bridgehead atoms. The van der Waals surface area contributed by atoms with Crippen LogP contribution < -0.4 is 5.32 Å². The molecule has 6 heteroatoms. The van der Waals surface area contributed by atoms with Crippen molar-refractivity contribution in [1.82, 2.24) is 10.3 Å². The van der Waals surface area contributed by atoms with Crippen LogP contribution in [0.5, 0.6) is 0 Å². The van der Waals surface area contributed by atoms with Gasteiger partial charge in [0.15, 0.2) is 0 Å². The van der Waals surface area contributed by atoms with Crippen LogP contribution in [0.3, 0.4) is 0 Å². The summed E-state index contributed by atoms with van der Waals surface area (Å²) in [7, 11) is 0. The Morgan fingerprint density at radius 1 is 1.35 bits per heavy atom. The third-order valence-electron chi connectivity index (χ3n) is 3.28. The fourth-order valence-electron chi connectivity index (χ4n) is 2.02. The lowest BCUT2D eigenvalue weighted by Crippen LogP contribution is -2.26. The number of hydrogen-bond donors (Lipinski definition) is 1. The summed E-state index contributed by atoms with van der Waals surface area (Å²) < 4.78 is 14.4. The molecule has 2 rings (SSSR count). The van der Waals surface area contributed by atoms with Crippen LogP contribution in [0.1, 0.15) is 37.4 Å². The number of benzene rings is 1. The van der Waals surface area contributed by atoms with Gasteiger partial charge in [-0.25, -0.2) is 9.37 Å². The Kier molecular flexibility index (Phi) is 7.55. The minimum atomic E-state index is -0.191. The van der Waals surface area contributed by atoms with E-state index < -0.39 is 0 Å². The van der Waals surface area contributed by atoms with Crippen LogP contribution in [0.25, 0.3) is 0 Å². The van der Waals surface area contributed by atoms with Crippen molar-refractivity contribution in [2.75, 3.05) is 6.54 Å². The smallest absolute Gasteiger partial charge is 0.226 e. The van der Waals surface area contributed by atoms with Crippen LogP contribution in [-0.2, 0) is 17.0 Å². The molecule has 0 fully saturated rings. The van der Waals surface area contributed by atoms with Crippen molar-refractivity contribution in [3.05, 3.63) is 46.7 Å². The number of unbranched alkanes of at least 4 members (excludes halogenated alkanes) is 2. The number of thiazole rings is 1. The van der Waals surface area contributed by atoms with Gasteiger partial charge in [-0.3, -0.25) is 4.79 Å². The Morgan fingerprint density at radius 2 is 2.17 bits per heavy atom. The summed E-state index contributed by atoms with van der Waals surface area (Å²) in [6.45, 7) is 2.86. The first-order valence-corrected chi connectivity index (χ1v) is 9.63. The first-order valence-electron chi connectivity index (χ1n) is 7.76. The molecule has 0 spiro atoms. The number of halogens is 1. The van der Waals surface area contributed by atoms with E-state index in [2.05, 4.69) is 17.2 Å². The number of carbonyl (C=O) groups is 1. The highest BCUT2D eigenvalue weighted by molar-refractivity contribution is 8.00. The normalized spacial score (nSPS) is 10.7. The highest BCUT2D eigenvalue weighted by Gasteiger charge is 2.09. The summed E-state index contributed by atoms with van der Waals surface area (Å²) in [5, 5.41) is 4.81. The first kappa shape index (κ1) is 17.9. The molecule has 1 amide bonds. The molecule has 0 aliphatic rings. The van der Waals surface area contributed by atoms with Crippen molar-refractivity contribution in [1.29, 1.82) is 0 Å². The summed E-state index contributed by atoms with van der Waals surface area (Å²) in [6, 6.07) is 6.76. The summed E-state index contributed by atoms with van der Waals surface area (Å²) in [5.41, 5.74) is 1.45. The predicted molar refractivity (Wildman–Crippen MR) is 94.3 cm³/mol. The average molecular weight is 352 g/mol. The zero-order valence-electron chi connectivity index (χ0n) is 13.2. The van der Waals surface area contributed by atoms with E-state index in [1.807, 2.05) is 11.4 Å². The molecule has 0 saturated carbocycles. The van der Waals surface area contributed by atoms with Gasteiger partial charge in [0.1, 0.15) is 10.2 Å². The quantitative estimate of drug-likeness (QED) is 0.536. The summed E-state index contributed by atoms with van der Waals surface area (Å²) in [6.07, 6.45) is 3.60. The molecule has 1 aromatic heterocycles. The first-order chi connectivity index (χ1) is 11.2. The lowest BCUT2D eigenvalue weighted by molar-refractivity contribution is -0.120. The van der Waals surface area contributed by atoms with E-state index in [4.69, 9.17) is 0 Å². The Bertz CT molecular complexity index is 631. The van der Waals surface area contributed by atoms with E-state index in [0.717, 1.165) is 35.8 Å². The third-order valence-corrected chi connectivity index (χ3v) is 5.40. The second kappa shape index (κ2) is 9.67. The standard InChI is InChI=1S/C17H21FN2OS2/c1-2-3-6-9-19-16(21)10-14-12-23-17(20-14)22-11-13-7-4-5-8-15(13)18/h4-5,7-8,12H,2-3,6,9-11H2,1H3,(H,19,21). The van der Waals surface area contributed by atoms with Gasteiger partial charge in [-0.2, -0.15) is 0 Å². The molecule has 0 aliphatic carbocycles. The van der Waals surface area contributed by atoms with Crippen LogP contribution >= 0.6 is 23.1 Å². The maximum Gasteiger partial charge on any atom is 0.226 e. The maximum absolute atomic E-state index is 13.6. The van der Waals surface area contributed by atoms with Crippen molar-refractivity contribution in [3.8, 4) is 0 Å². The van der Waals surface area contributed by atoms with Crippen molar-refractivity contribution in [2.45, 2.75) is 42.7 Å². The summed E-state index contributed by atoms with van der Waals surface area (Å²) >= 11 is 2.99. The van der Waals surface area contributed by atoms with Crippen LogP contribution in [0, 0.1) is 5.82 Å². The average Bonchev–Trinajstić information content (AvgIpc) is 2.98. The summed E-state index contributed by atoms with van der Waals surface area (Å²) in [5.74, 6) is 0.364. The zero-order chi connectivity index (χ0) is 16.5. The van der Waals surface area contributed by atoms with E-state index in [-0.39, 0.29) is 11.7 Å². The predicted octanol–water partition coefficient (Wildman–Crippen LogP) is 4.42. The van der Waals surface area contributed by atoms with Gasteiger partial charge in [0.05, 0.1) is 12.1 Å². The van der Waals surface area contributed by atoms with Crippen molar-refractivity contribution < 1.29 is 9.18 Å². The van der Waals surface area contributed by atoms with Gasteiger partial charge < -0.3 is 5.32 Å². The van der Waals surface area contributed by atoms with Gasteiger partial charge in [0.25, 0.3) is 0 Å². The molecule has 0 unspecified atom stereocenters. The fraction of sp³-hybridized carbons (Fsp3) is 0.412. The van der Waals surface area contributed by atoms with E-state index in [0.29, 0.717) is 17.7 Å². The number of nitrogens with zero attached hydrogens (tertiary/aromatic N) is 1. The molecule has 124 valence electrons. The number of carbonyl (C=O) groups excluding carboxylic acids is 1. The monoisotopic (exact) mass is 352 g/mol. The molecule has 0 aliphatic heterocycles. The van der Waals surface area contributed by atoms with Gasteiger partial charge in [-0.15, -0.1) is 11.3 Å². The SMILES string of the molecule is CCCCCNC(=O)Cc1csc(SCc2ccccc2F)n1. The van der Waals surface area contributed by atoms with Gasteiger partial charge >= 0.3 is 0 Å². The highest BCUT2D eigenvalue weighted by Crippen LogP contribution is 2.27. The highest BCUT2D eigenvalue weighted by atomic mass is 32.2. The van der Waals surface area contributed by atoms with Crippen LogP contribution in [-0.4, -0.2) is 17.4 Å². The van der Waals surface area contributed by atoms with Crippen molar-refractivity contribution in [3.63, 3.8) is 0 Å². The van der Waals surface area contributed by atoms with E-state index in [1.165, 1.54) is 29.2 Å². The second-order valence-electron chi connectivity index (χ2n) is 5.22. The van der Waals surface area contributed by atoms with E-state index in [9.17, 15) is 9.18 Å². The zero-order valence-corrected chi connectivity index (χ0v) is 14.8. The molecule has 0 saturated heterocycles. The van der Waals surface area contributed by atoms with Crippen molar-refractivity contribution >= 4 is 29.0 Å². The van der Waals surface area contributed by atoms with Crippen LogP contribution in [0.4, 0.5) is 4.39 Å². The molecule has 1 heterocycles. The summed E-state index contributed by atoms with van der Waals surface area (Å²) in [4.78, 5) is 16.2. The number of amides is 1. The van der Waals surface area contributed by atoms with E-state index in [1.54, 1.807) is 12.1 Å². The third kappa shape index (κ3) is 6.31. The van der Waals surface area contributed by atoms with Crippen molar-refractivity contribution in [2.24, 2.45) is 0 Å². The Balaban J connectivity index is 1.77. The number of hydrogen-bond acceptors (Lipinski definition) is 4. The Morgan fingerprint density at radius 3 is 2.96 bits per heavy atom. The molecule has 1 aromatic carbocycles. The second-order valence-corrected chi connectivity index (χ2v) is 7.30. The fourth-order valence-corrected chi connectivity index (χ4v) is 3.85. The van der Waals surface area contributed by atoms with E-state index >= 15 is 0 Å². The molecule has 0 atom stereocenters. The largest absolute Gasteiger partial charge is 0.356 e. The molecule has 3 nitrogen and oxygen atoms in total. The molecular weight excluding hydrogens is 331 g/mol. The Labute approximate surface area is 144 Å².